The van der Waals surface area contributed by atoms with E-state index in [0.717, 1.165) is 25.7 Å². The zero-order valence-electron chi connectivity index (χ0n) is 6.29. The molecule has 0 bridgehead atoms. The normalized spacial score (nSPS) is 9.40. The van der Waals surface area contributed by atoms with Crippen LogP contribution in [0.25, 0.3) is 0 Å². The van der Waals surface area contributed by atoms with Gasteiger partial charge in [0.15, 0.2) is 0 Å². The molecule has 0 saturated carbocycles. The van der Waals surface area contributed by atoms with E-state index in [-0.39, 0.29) is 0 Å². The van der Waals surface area contributed by atoms with Crippen molar-refractivity contribution < 1.29 is 5.21 Å². The maximum atomic E-state index is 9.59. The zero-order chi connectivity index (χ0) is 7.82. The van der Waals surface area contributed by atoms with Crippen molar-refractivity contribution in [2.75, 3.05) is 6.54 Å². The molecule has 0 atom stereocenters. The lowest BCUT2D eigenvalue weighted by atomic mass is 10.2. The quantitative estimate of drug-likeness (QED) is 0.354. The Hall–Kier alpha value is -0.640. The smallest absolute Gasteiger partial charge is 0.0787 e. The van der Waals surface area contributed by atoms with Crippen molar-refractivity contribution in [3.63, 3.8) is 0 Å². The predicted octanol–water partition coefficient (Wildman–Crippen LogP) is 1.94. The Kier molecular flexibility index (Phi) is 6.06. The number of rotatable bonds is 6. The molecule has 0 saturated heterocycles. The van der Waals surface area contributed by atoms with Crippen LogP contribution >= 0.6 is 0 Å². The summed E-state index contributed by atoms with van der Waals surface area (Å²) in [5.74, 6) is 0. The molecule has 10 heavy (non-hydrogen) atoms. The molecule has 60 valence electrons. The molecule has 0 aliphatic rings. The summed E-state index contributed by atoms with van der Waals surface area (Å²) in [6.45, 7) is 2.46. The van der Waals surface area contributed by atoms with Gasteiger partial charge in [0.05, 0.1) is 11.8 Å². The number of hydrogen-bond donors (Lipinski definition) is 1. The van der Waals surface area contributed by atoms with Crippen LogP contribution in [-0.4, -0.2) is 16.9 Å². The molecule has 0 aromatic rings. The molecule has 0 rings (SSSR count). The number of nitrogens with zero attached hydrogens (tertiary/aromatic N) is 2. The van der Waals surface area contributed by atoms with Crippen LogP contribution in [0.15, 0.2) is 5.29 Å². The van der Waals surface area contributed by atoms with Crippen LogP contribution in [0.1, 0.15) is 32.6 Å². The molecule has 0 amide bonds. The van der Waals surface area contributed by atoms with Crippen LogP contribution in [0.5, 0.6) is 0 Å². The largest absolute Gasteiger partial charge is 0.269 e. The van der Waals surface area contributed by atoms with Crippen LogP contribution in [0.4, 0.5) is 0 Å². The lowest BCUT2D eigenvalue weighted by Gasteiger charge is -2.04. The second-order valence-corrected chi connectivity index (χ2v) is 2.24. The van der Waals surface area contributed by atoms with E-state index >= 15 is 0 Å². The first kappa shape index (κ1) is 9.36. The van der Waals surface area contributed by atoms with Gasteiger partial charge in [-0.25, -0.2) is 0 Å². The summed E-state index contributed by atoms with van der Waals surface area (Å²) in [5.41, 5.74) is 0. The topological polar surface area (TPSA) is 52.9 Å². The third-order valence-electron chi connectivity index (χ3n) is 1.31. The van der Waals surface area contributed by atoms with Crippen molar-refractivity contribution in [3.05, 3.63) is 4.91 Å². The summed E-state index contributed by atoms with van der Waals surface area (Å²) in [4.78, 5) is 9.59. The Labute approximate surface area is 60.7 Å². The minimum absolute atomic E-state index is 0.351. The second-order valence-electron chi connectivity index (χ2n) is 2.24. The van der Waals surface area contributed by atoms with Crippen LogP contribution in [0, 0.1) is 4.91 Å². The number of hydroxylamine groups is 1. The zero-order valence-corrected chi connectivity index (χ0v) is 6.29. The van der Waals surface area contributed by atoms with Crippen molar-refractivity contribution in [3.8, 4) is 0 Å². The Balaban J connectivity index is 2.95. The molecule has 4 heteroatoms. The van der Waals surface area contributed by atoms with E-state index in [9.17, 15) is 4.91 Å². The molecular formula is C6H14N2O2. The molecule has 4 nitrogen and oxygen atoms in total. The maximum Gasteiger partial charge on any atom is 0.0787 e. The van der Waals surface area contributed by atoms with Crippen molar-refractivity contribution in [2.45, 2.75) is 32.6 Å². The summed E-state index contributed by atoms with van der Waals surface area (Å²) in [6.07, 6.45) is 4.17. The third-order valence-corrected chi connectivity index (χ3v) is 1.31. The highest BCUT2D eigenvalue weighted by atomic mass is 16.6. The fourth-order valence-corrected chi connectivity index (χ4v) is 0.721. The van der Waals surface area contributed by atoms with E-state index in [1.165, 1.54) is 0 Å². The molecule has 0 aliphatic heterocycles. The Morgan fingerprint density at radius 1 is 1.40 bits per heavy atom. The van der Waals surface area contributed by atoms with Crippen LogP contribution in [-0.2, 0) is 0 Å². The summed E-state index contributed by atoms with van der Waals surface area (Å²) < 4.78 is 0. The second kappa shape index (κ2) is 6.48. The monoisotopic (exact) mass is 146 g/mol. The SMILES string of the molecule is CCCCCCN(O)N=O. The van der Waals surface area contributed by atoms with E-state index in [4.69, 9.17) is 5.21 Å². The molecule has 1 N–H and O–H groups in total. The first-order chi connectivity index (χ1) is 4.81. The summed E-state index contributed by atoms with van der Waals surface area (Å²) in [6, 6.07) is 0. The van der Waals surface area contributed by atoms with Gasteiger partial charge in [-0.3, -0.25) is 5.21 Å². The summed E-state index contributed by atoms with van der Waals surface area (Å²) in [5, 5.41) is 11.3. The van der Waals surface area contributed by atoms with Gasteiger partial charge in [-0.1, -0.05) is 26.2 Å². The van der Waals surface area contributed by atoms with Crippen molar-refractivity contribution in [1.29, 1.82) is 0 Å². The number of hydrogen-bond acceptors (Lipinski definition) is 3. The molecule has 0 aromatic carbocycles. The number of nitroso groups, excluding NO2 is 1. The van der Waals surface area contributed by atoms with Crippen LogP contribution in [0.2, 0.25) is 0 Å². The summed E-state index contributed by atoms with van der Waals surface area (Å²) in [7, 11) is 0. The average Bonchev–Trinajstić information content (AvgIpc) is 1.98. The average molecular weight is 146 g/mol. The molecule has 0 spiro atoms. The highest BCUT2D eigenvalue weighted by molar-refractivity contribution is 4.41. The first-order valence-corrected chi connectivity index (χ1v) is 3.61. The van der Waals surface area contributed by atoms with Crippen molar-refractivity contribution >= 4 is 0 Å². The van der Waals surface area contributed by atoms with Crippen LogP contribution < -0.4 is 0 Å². The van der Waals surface area contributed by atoms with Gasteiger partial charge in [0.2, 0.25) is 0 Å². The Morgan fingerprint density at radius 2 is 2.10 bits per heavy atom. The first-order valence-electron chi connectivity index (χ1n) is 3.61. The van der Waals surface area contributed by atoms with E-state index in [1.807, 2.05) is 0 Å². The fraction of sp³-hybridized carbons (Fsp3) is 1.00. The van der Waals surface area contributed by atoms with Crippen molar-refractivity contribution in [2.24, 2.45) is 5.29 Å². The molecule has 0 heterocycles. The minimum Gasteiger partial charge on any atom is -0.269 e. The van der Waals surface area contributed by atoms with Gasteiger partial charge in [-0.15, -0.1) is 10.1 Å². The van der Waals surface area contributed by atoms with Crippen molar-refractivity contribution in [1.82, 2.24) is 5.17 Å². The predicted molar refractivity (Wildman–Crippen MR) is 38.4 cm³/mol. The van der Waals surface area contributed by atoms with Gasteiger partial charge in [0.1, 0.15) is 0 Å². The maximum absolute atomic E-state index is 9.59. The van der Waals surface area contributed by atoms with E-state index in [1.54, 1.807) is 0 Å². The molecule has 0 aromatic heterocycles. The number of unbranched alkanes of at least 4 members (excludes halogenated alkanes) is 3. The standard InChI is InChI=1S/C6H14N2O2/c1-2-3-4-5-6-8(10)7-9/h10H,2-6H2,1H3. The van der Waals surface area contributed by atoms with Gasteiger partial charge < -0.3 is 0 Å². The minimum atomic E-state index is 0.351. The molecule has 0 fully saturated rings. The molecular weight excluding hydrogens is 132 g/mol. The lowest BCUT2D eigenvalue weighted by molar-refractivity contribution is -0.0924. The van der Waals surface area contributed by atoms with Gasteiger partial charge >= 0.3 is 0 Å². The molecule has 0 radical (unpaired) electrons. The Bertz CT molecular complexity index is 87.8. The van der Waals surface area contributed by atoms with E-state index in [0.29, 0.717) is 11.7 Å². The van der Waals surface area contributed by atoms with E-state index < -0.39 is 0 Å². The van der Waals surface area contributed by atoms with Crippen LogP contribution in [0.3, 0.4) is 0 Å². The van der Waals surface area contributed by atoms with Gasteiger partial charge in [-0.05, 0) is 6.42 Å². The fourth-order valence-electron chi connectivity index (χ4n) is 0.721. The Morgan fingerprint density at radius 3 is 2.60 bits per heavy atom. The van der Waals surface area contributed by atoms with E-state index in [2.05, 4.69) is 12.2 Å². The highest BCUT2D eigenvalue weighted by Gasteiger charge is 1.94. The molecule has 0 aliphatic carbocycles. The molecule has 0 unspecified atom stereocenters. The highest BCUT2D eigenvalue weighted by Crippen LogP contribution is 1.99. The van der Waals surface area contributed by atoms with Gasteiger partial charge in [0, 0.05) is 0 Å². The lowest BCUT2D eigenvalue weighted by Crippen LogP contribution is -2.11. The summed E-state index contributed by atoms with van der Waals surface area (Å²) >= 11 is 0. The third kappa shape index (κ3) is 5.50. The van der Waals surface area contributed by atoms with Gasteiger partial charge in [-0.2, -0.15) is 0 Å². The van der Waals surface area contributed by atoms with Gasteiger partial charge in [0.25, 0.3) is 0 Å².